The van der Waals surface area contributed by atoms with Crippen molar-refractivity contribution in [2.24, 2.45) is 0 Å². The van der Waals surface area contributed by atoms with Gasteiger partial charge in [0.25, 0.3) is 0 Å². The summed E-state index contributed by atoms with van der Waals surface area (Å²) in [5.74, 6) is -7.22. The molecule has 0 N–H and O–H groups in total. The molecule has 0 aliphatic carbocycles. The predicted octanol–water partition coefficient (Wildman–Crippen LogP) is 2.94. The minimum Gasteiger partial charge on any atom is -0.283 e. The number of hydrogen-bond donors (Lipinski definition) is 0. The summed E-state index contributed by atoms with van der Waals surface area (Å²) in [5.41, 5.74) is 0. The Bertz CT molecular complexity index is 184. The summed E-state index contributed by atoms with van der Waals surface area (Å²) in [6.45, 7) is 1.55. The normalized spacial score (nSPS) is 13.1. The summed E-state index contributed by atoms with van der Waals surface area (Å²) in [4.78, 5) is 10.1. The van der Waals surface area contributed by atoms with Crippen LogP contribution in [0.1, 0.15) is 26.2 Å². The van der Waals surface area contributed by atoms with Crippen LogP contribution in [0.15, 0.2) is 0 Å². The Morgan fingerprint density at radius 3 is 1.92 bits per heavy atom. The molecule has 1 nitrogen and oxygen atoms in total. The molecule has 0 unspecified atom stereocenters. The Morgan fingerprint density at radius 2 is 1.62 bits per heavy atom. The van der Waals surface area contributed by atoms with E-state index in [0.717, 1.165) is 0 Å². The lowest BCUT2D eigenvalue weighted by molar-refractivity contribution is -0.196. The molecule has 0 heterocycles. The van der Waals surface area contributed by atoms with Gasteiger partial charge < -0.3 is 0 Å². The summed E-state index contributed by atoms with van der Waals surface area (Å²) in [6, 6.07) is 0. The number of unbranched alkanes of at least 4 members (excludes halogenated alkanes) is 1. The van der Waals surface area contributed by atoms with Gasteiger partial charge in [-0.25, -0.2) is 0 Å². The average Bonchev–Trinajstić information content (AvgIpc) is 1.98. The minimum atomic E-state index is -5.45. The van der Waals surface area contributed by atoms with Crippen LogP contribution in [0, 0.1) is 0 Å². The third-order valence-corrected chi connectivity index (χ3v) is 1.43. The second kappa shape index (κ2) is 4.02. The van der Waals surface area contributed by atoms with E-state index in [2.05, 4.69) is 0 Å². The van der Waals surface area contributed by atoms with E-state index in [1.54, 1.807) is 6.92 Å². The molecule has 13 heavy (non-hydrogen) atoms. The fourth-order valence-electron chi connectivity index (χ4n) is 0.720. The molecule has 78 valence electrons. The van der Waals surface area contributed by atoms with Crippen LogP contribution in [0.25, 0.3) is 0 Å². The van der Waals surface area contributed by atoms with E-state index in [1.165, 1.54) is 0 Å². The zero-order valence-electron chi connectivity index (χ0n) is 6.92. The summed E-state index contributed by atoms with van der Waals surface area (Å²) in [5, 5.41) is 0. The van der Waals surface area contributed by atoms with Crippen LogP contribution in [0.2, 0.25) is 0 Å². The van der Waals surface area contributed by atoms with E-state index in [1.807, 2.05) is 0 Å². The van der Waals surface area contributed by atoms with Crippen molar-refractivity contribution in [3.05, 3.63) is 0 Å². The fraction of sp³-hybridized carbons (Fsp3) is 0.857. The Labute approximate surface area is 71.9 Å². The van der Waals surface area contributed by atoms with Gasteiger partial charge in [0.1, 0.15) is 0 Å². The second-order valence-corrected chi connectivity index (χ2v) is 2.63. The van der Waals surface area contributed by atoms with Crippen LogP contribution in [0.3, 0.4) is 0 Å². The van der Waals surface area contributed by atoms with E-state index in [4.69, 9.17) is 0 Å². The van der Waals surface area contributed by atoms with Crippen LogP contribution in [-0.2, 0) is 4.79 Å². The molecule has 0 aromatic rings. The van der Waals surface area contributed by atoms with E-state index >= 15 is 0 Å². The lowest BCUT2D eigenvalue weighted by atomic mass is 10.1. The Kier molecular flexibility index (Phi) is 3.81. The van der Waals surface area contributed by atoms with Gasteiger partial charge in [-0.1, -0.05) is 13.3 Å². The molecule has 0 bridgehead atoms. The van der Waals surface area contributed by atoms with E-state index in [9.17, 15) is 26.7 Å². The first-order chi connectivity index (χ1) is 5.72. The largest absolute Gasteiger partial charge is 0.456 e. The Balaban J connectivity index is 4.36. The zero-order valence-corrected chi connectivity index (χ0v) is 6.92. The van der Waals surface area contributed by atoms with Gasteiger partial charge in [0.15, 0.2) is 0 Å². The van der Waals surface area contributed by atoms with Crippen molar-refractivity contribution in [1.29, 1.82) is 0 Å². The first-order valence-electron chi connectivity index (χ1n) is 3.71. The number of carbonyl (C=O) groups excluding carboxylic acids is 1. The number of ketones is 1. The summed E-state index contributed by atoms with van der Waals surface area (Å²) < 4.78 is 59.5. The first kappa shape index (κ1) is 12.3. The monoisotopic (exact) mass is 204 g/mol. The molecule has 0 spiro atoms. The van der Waals surface area contributed by atoms with Gasteiger partial charge in [-0.2, -0.15) is 22.0 Å². The molecular formula is C7H9F5O. The van der Waals surface area contributed by atoms with Crippen LogP contribution >= 0.6 is 0 Å². The number of hydrogen-bond acceptors (Lipinski definition) is 1. The number of carbonyl (C=O) groups is 1. The van der Waals surface area contributed by atoms with E-state index < -0.39 is 24.3 Å². The molecule has 0 atom stereocenters. The Morgan fingerprint density at radius 1 is 1.15 bits per heavy atom. The van der Waals surface area contributed by atoms with Crippen LogP contribution < -0.4 is 0 Å². The van der Waals surface area contributed by atoms with Gasteiger partial charge in [-0.15, -0.1) is 0 Å². The highest BCUT2D eigenvalue weighted by Crippen LogP contribution is 2.31. The fourth-order valence-corrected chi connectivity index (χ4v) is 0.720. The molecule has 0 amide bonds. The summed E-state index contributed by atoms with van der Waals surface area (Å²) in [6.07, 6.45) is -6.27. The average molecular weight is 204 g/mol. The van der Waals surface area contributed by atoms with Crippen molar-refractivity contribution in [2.45, 2.75) is 38.3 Å². The maximum atomic E-state index is 12.4. The van der Waals surface area contributed by atoms with Crippen molar-refractivity contribution in [3.8, 4) is 0 Å². The SMILES string of the molecule is CCCCC(F)(F)C(=O)C(F)(F)F. The van der Waals surface area contributed by atoms with Crippen molar-refractivity contribution in [1.82, 2.24) is 0 Å². The van der Waals surface area contributed by atoms with Crippen molar-refractivity contribution in [3.63, 3.8) is 0 Å². The van der Waals surface area contributed by atoms with Gasteiger partial charge in [0.2, 0.25) is 0 Å². The maximum absolute atomic E-state index is 12.4. The highest BCUT2D eigenvalue weighted by molar-refractivity contribution is 5.90. The van der Waals surface area contributed by atoms with Gasteiger partial charge in [0.05, 0.1) is 0 Å². The highest BCUT2D eigenvalue weighted by Gasteiger charge is 2.54. The molecule has 0 aromatic carbocycles. The molecule has 0 fully saturated rings. The Hall–Kier alpha value is -0.680. The molecule has 0 aliphatic heterocycles. The van der Waals surface area contributed by atoms with Crippen LogP contribution in [0.4, 0.5) is 22.0 Å². The molecule has 0 saturated heterocycles. The van der Waals surface area contributed by atoms with Crippen LogP contribution in [-0.4, -0.2) is 17.9 Å². The van der Waals surface area contributed by atoms with Crippen molar-refractivity contribution < 1.29 is 26.7 Å². The zero-order chi connectivity index (χ0) is 10.7. The van der Waals surface area contributed by atoms with Crippen LogP contribution in [0.5, 0.6) is 0 Å². The van der Waals surface area contributed by atoms with Crippen molar-refractivity contribution >= 4 is 5.78 Å². The minimum absolute atomic E-state index is 0.102. The number of rotatable bonds is 4. The highest BCUT2D eigenvalue weighted by atomic mass is 19.4. The molecule has 0 radical (unpaired) electrons. The lowest BCUT2D eigenvalue weighted by Gasteiger charge is -2.15. The van der Waals surface area contributed by atoms with Gasteiger partial charge >= 0.3 is 17.9 Å². The molecular weight excluding hydrogens is 195 g/mol. The maximum Gasteiger partial charge on any atom is 0.456 e. The first-order valence-corrected chi connectivity index (χ1v) is 3.71. The topological polar surface area (TPSA) is 17.1 Å². The standard InChI is InChI=1S/C7H9F5O/c1-2-3-4-6(8,9)5(13)7(10,11)12/h2-4H2,1H3. The number of Topliss-reactive ketones (excluding diaryl/α,β-unsaturated/α-hetero) is 1. The molecule has 0 rings (SSSR count). The molecule has 0 aromatic heterocycles. The summed E-state index contributed by atoms with van der Waals surface area (Å²) in [7, 11) is 0. The second-order valence-electron chi connectivity index (χ2n) is 2.63. The molecule has 0 saturated carbocycles. The van der Waals surface area contributed by atoms with E-state index in [0.29, 0.717) is 6.42 Å². The molecule has 0 aliphatic rings. The summed E-state index contributed by atoms with van der Waals surface area (Å²) >= 11 is 0. The third kappa shape index (κ3) is 3.69. The van der Waals surface area contributed by atoms with Crippen molar-refractivity contribution in [2.75, 3.05) is 0 Å². The lowest BCUT2D eigenvalue weighted by Crippen LogP contribution is -2.39. The van der Waals surface area contributed by atoms with Gasteiger partial charge in [0, 0.05) is 6.42 Å². The number of alkyl halides is 5. The quantitative estimate of drug-likeness (QED) is 0.643. The van der Waals surface area contributed by atoms with Gasteiger partial charge in [-0.3, -0.25) is 4.79 Å². The molecule has 6 heteroatoms. The van der Waals surface area contributed by atoms with Gasteiger partial charge in [-0.05, 0) is 6.42 Å². The third-order valence-electron chi connectivity index (χ3n) is 1.43. The van der Waals surface area contributed by atoms with E-state index in [-0.39, 0.29) is 6.42 Å². The smallest absolute Gasteiger partial charge is 0.283 e. The number of halogens is 5. The predicted molar refractivity (Wildman–Crippen MR) is 35.5 cm³/mol.